The van der Waals surface area contributed by atoms with E-state index in [0.717, 1.165) is 6.42 Å². The van der Waals surface area contributed by atoms with E-state index < -0.39 is 0 Å². The van der Waals surface area contributed by atoms with Gasteiger partial charge in [0.15, 0.2) is 0 Å². The van der Waals surface area contributed by atoms with E-state index in [0.29, 0.717) is 0 Å². The SMILES string of the molecule is C/C(=C/c1ccc(C)cc1)CCO. The Balaban J connectivity index is 2.73. The molecule has 13 heavy (non-hydrogen) atoms. The molecule has 0 fully saturated rings. The summed E-state index contributed by atoms with van der Waals surface area (Å²) in [5.41, 5.74) is 3.69. The molecule has 1 N–H and O–H groups in total. The van der Waals surface area contributed by atoms with Gasteiger partial charge in [0, 0.05) is 6.61 Å². The normalized spacial score (nSPS) is 11.8. The molecule has 0 atom stereocenters. The van der Waals surface area contributed by atoms with Gasteiger partial charge in [0.25, 0.3) is 0 Å². The topological polar surface area (TPSA) is 20.2 Å². The van der Waals surface area contributed by atoms with Crippen molar-refractivity contribution in [1.82, 2.24) is 0 Å². The van der Waals surface area contributed by atoms with E-state index >= 15 is 0 Å². The Morgan fingerprint density at radius 2 is 1.92 bits per heavy atom. The molecular formula is C12H16O. The van der Waals surface area contributed by atoms with E-state index in [-0.39, 0.29) is 6.61 Å². The van der Waals surface area contributed by atoms with Crippen LogP contribution in [0.2, 0.25) is 0 Å². The van der Waals surface area contributed by atoms with Gasteiger partial charge in [-0.25, -0.2) is 0 Å². The lowest BCUT2D eigenvalue weighted by Gasteiger charge is -1.98. The maximum absolute atomic E-state index is 8.72. The number of hydrogen-bond acceptors (Lipinski definition) is 1. The van der Waals surface area contributed by atoms with Crippen molar-refractivity contribution in [1.29, 1.82) is 0 Å². The van der Waals surface area contributed by atoms with Crippen molar-refractivity contribution >= 4 is 6.08 Å². The molecule has 0 radical (unpaired) electrons. The van der Waals surface area contributed by atoms with Crippen LogP contribution < -0.4 is 0 Å². The molecule has 0 aliphatic carbocycles. The van der Waals surface area contributed by atoms with Crippen molar-refractivity contribution < 1.29 is 5.11 Å². The van der Waals surface area contributed by atoms with Crippen molar-refractivity contribution in [3.05, 3.63) is 41.0 Å². The van der Waals surface area contributed by atoms with Crippen LogP contribution in [0.3, 0.4) is 0 Å². The van der Waals surface area contributed by atoms with Crippen LogP contribution in [0.4, 0.5) is 0 Å². The first-order valence-corrected chi connectivity index (χ1v) is 4.57. The molecule has 0 aromatic heterocycles. The monoisotopic (exact) mass is 176 g/mol. The molecular weight excluding hydrogens is 160 g/mol. The average molecular weight is 176 g/mol. The minimum Gasteiger partial charge on any atom is -0.396 e. The van der Waals surface area contributed by atoms with Crippen LogP contribution in [0.25, 0.3) is 6.08 Å². The zero-order valence-corrected chi connectivity index (χ0v) is 8.25. The summed E-state index contributed by atoms with van der Waals surface area (Å²) in [6, 6.07) is 8.38. The minimum atomic E-state index is 0.230. The molecule has 0 saturated heterocycles. The molecule has 1 aromatic rings. The third-order valence-corrected chi connectivity index (χ3v) is 2.00. The molecule has 0 saturated carbocycles. The summed E-state index contributed by atoms with van der Waals surface area (Å²) < 4.78 is 0. The van der Waals surface area contributed by atoms with Crippen LogP contribution in [0.5, 0.6) is 0 Å². The molecule has 0 aliphatic heterocycles. The Kier molecular flexibility index (Phi) is 3.71. The summed E-state index contributed by atoms with van der Waals surface area (Å²) in [4.78, 5) is 0. The fourth-order valence-electron chi connectivity index (χ4n) is 1.20. The summed E-state index contributed by atoms with van der Waals surface area (Å²) in [5, 5.41) is 8.72. The van der Waals surface area contributed by atoms with E-state index in [1.165, 1.54) is 16.7 Å². The van der Waals surface area contributed by atoms with Gasteiger partial charge in [-0.1, -0.05) is 41.5 Å². The number of benzene rings is 1. The Morgan fingerprint density at radius 3 is 2.46 bits per heavy atom. The fraction of sp³-hybridized carbons (Fsp3) is 0.333. The Morgan fingerprint density at radius 1 is 1.31 bits per heavy atom. The molecule has 0 aliphatic rings. The van der Waals surface area contributed by atoms with Crippen LogP contribution in [-0.2, 0) is 0 Å². The van der Waals surface area contributed by atoms with E-state index in [1.807, 2.05) is 6.92 Å². The highest BCUT2D eigenvalue weighted by Crippen LogP contribution is 2.09. The molecule has 0 bridgehead atoms. The van der Waals surface area contributed by atoms with Gasteiger partial charge in [-0.3, -0.25) is 0 Å². The summed E-state index contributed by atoms with van der Waals surface area (Å²) in [5.74, 6) is 0. The predicted octanol–water partition coefficient (Wildman–Crippen LogP) is 2.78. The van der Waals surface area contributed by atoms with Gasteiger partial charge < -0.3 is 5.11 Å². The lowest BCUT2D eigenvalue weighted by atomic mass is 10.1. The molecule has 70 valence electrons. The molecule has 1 heteroatoms. The standard InChI is InChI=1S/C12H16O/c1-10-3-5-12(6-4-10)9-11(2)7-8-13/h3-6,9,13H,7-8H2,1-2H3/b11-9-. The summed E-state index contributed by atoms with van der Waals surface area (Å²) in [7, 11) is 0. The summed E-state index contributed by atoms with van der Waals surface area (Å²) in [6.07, 6.45) is 2.86. The maximum atomic E-state index is 8.72. The maximum Gasteiger partial charge on any atom is 0.0468 e. The molecule has 0 unspecified atom stereocenters. The van der Waals surface area contributed by atoms with Gasteiger partial charge in [-0.15, -0.1) is 0 Å². The van der Waals surface area contributed by atoms with E-state index in [2.05, 4.69) is 37.3 Å². The average Bonchev–Trinajstić information content (AvgIpc) is 2.09. The van der Waals surface area contributed by atoms with Gasteiger partial charge in [-0.2, -0.15) is 0 Å². The Bertz CT molecular complexity index is 282. The number of aliphatic hydroxyl groups excluding tert-OH is 1. The highest BCUT2D eigenvalue weighted by molar-refractivity contribution is 5.52. The third kappa shape index (κ3) is 3.43. The molecule has 1 rings (SSSR count). The smallest absolute Gasteiger partial charge is 0.0468 e. The first kappa shape index (κ1) is 10.0. The summed E-state index contributed by atoms with van der Waals surface area (Å²) in [6.45, 7) is 4.35. The van der Waals surface area contributed by atoms with Crippen LogP contribution in [0.1, 0.15) is 24.5 Å². The van der Waals surface area contributed by atoms with Crippen molar-refractivity contribution in [2.75, 3.05) is 6.61 Å². The van der Waals surface area contributed by atoms with E-state index in [1.54, 1.807) is 0 Å². The number of aryl methyl sites for hydroxylation is 1. The first-order valence-electron chi connectivity index (χ1n) is 4.57. The Labute approximate surface area is 79.7 Å². The highest BCUT2D eigenvalue weighted by atomic mass is 16.2. The highest BCUT2D eigenvalue weighted by Gasteiger charge is 1.90. The van der Waals surface area contributed by atoms with E-state index in [4.69, 9.17) is 5.11 Å². The molecule has 0 heterocycles. The number of aliphatic hydroxyl groups is 1. The van der Waals surface area contributed by atoms with Crippen molar-refractivity contribution in [2.45, 2.75) is 20.3 Å². The summed E-state index contributed by atoms with van der Waals surface area (Å²) >= 11 is 0. The largest absolute Gasteiger partial charge is 0.396 e. The van der Waals surface area contributed by atoms with Gasteiger partial charge in [0.05, 0.1) is 0 Å². The molecule has 1 aromatic carbocycles. The van der Waals surface area contributed by atoms with Gasteiger partial charge in [-0.05, 0) is 25.8 Å². The molecule has 1 nitrogen and oxygen atoms in total. The zero-order chi connectivity index (χ0) is 9.68. The number of rotatable bonds is 3. The van der Waals surface area contributed by atoms with Crippen LogP contribution in [0.15, 0.2) is 29.8 Å². The van der Waals surface area contributed by atoms with Crippen LogP contribution in [0, 0.1) is 6.92 Å². The number of hydrogen-bond donors (Lipinski definition) is 1. The minimum absolute atomic E-state index is 0.230. The van der Waals surface area contributed by atoms with Crippen LogP contribution in [-0.4, -0.2) is 11.7 Å². The third-order valence-electron chi connectivity index (χ3n) is 2.00. The molecule has 0 spiro atoms. The quantitative estimate of drug-likeness (QED) is 0.750. The van der Waals surface area contributed by atoms with Gasteiger partial charge in [0.2, 0.25) is 0 Å². The van der Waals surface area contributed by atoms with Crippen molar-refractivity contribution in [2.24, 2.45) is 0 Å². The van der Waals surface area contributed by atoms with Gasteiger partial charge in [0.1, 0.15) is 0 Å². The van der Waals surface area contributed by atoms with E-state index in [9.17, 15) is 0 Å². The van der Waals surface area contributed by atoms with Crippen molar-refractivity contribution in [3.63, 3.8) is 0 Å². The second kappa shape index (κ2) is 4.83. The van der Waals surface area contributed by atoms with Gasteiger partial charge >= 0.3 is 0 Å². The zero-order valence-electron chi connectivity index (χ0n) is 8.25. The lowest BCUT2D eigenvalue weighted by molar-refractivity contribution is 0.299. The second-order valence-electron chi connectivity index (χ2n) is 3.37. The first-order chi connectivity index (χ1) is 6.22. The van der Waals surface area contributed by atoms with Crippen molar-refractivity contribution in [3.8, 4) is 0 Å². The lowest BCUT2D eigenvalue weighted by Crippen LogP contribution is -1.84. The fourth-order valence-corrected chi connectivity index (χ4v) is 1.20. The van der Waals surface area contributed by atoms with Crippen LogP contribution >= 0.6 is 0 Å². The molecule has 0 amide bonds. The predicted molar refractivity (Wildman–Crippen MR) is 56.5 cm³/mol. The second-order valence-corrected chi connectivity index (χ2v) is 3.37. The Hall–Kier alpha value is -1.08.